The van der Waals surface area contributed by atoms with Crippen LogP contribution in [0, 0.1) is 0 Å². The maximum atomic E-state index is 8.82. The summed E-state index contributed by atoms with van der Waals surface area (Å²) >= 11 is 0. The van der Waals surface area contributed by atoms with Gasteiger partial charge in [-0.15, -0.1) is 0 Å². The van der Waals surface area contributed by atoms with E-state index in [9.17, 15) is 0 Å². The molecule has 0 radical (unpaired) electrons. The Bertz CT molecular complexity index is 144. The van der Waals surface area contributed by atoms with Gasteiger partial charge in [-0.1, -0.05) is 0 Å². The zero-order valence-electron chi connectivity index (χ0n) is 8.38. The molecule has 0 saturated carbocycles. The molecule has 0 amide bonds. The molecule has 1 fully saturated rings. The Morgan fingerprint density at radius 3 is 2.92 bits per heavy atom. The van der Waals surface area contributed by atoms with Gasteiger partial charge in [0.15, 0.2) is 0 Å². The largest absolute Gasteiger partial charge is 0.396 e. The lowest BCUT2D eigenvalue weighted by Gasteiger charge is -2.38. The van der Waals surface area contributed by atoms with Gasteiger partial charge in [0.2, 0.25) is 0 Å². The number of hydrogen-bond donors (Lipinski definition) is 2. The van der Waals surface area contributed by atoms with Crippen LogP contribution in [-0.4, -0.2) is 50.2 Å². The number of methoxy groups -OCH3 is 1. The minimum absolute atomic E-state index is 0.174. The minimum Gasteiger partial charge on any atom is -0.396 e. The van der Waals surface area contributed by atoms with Crippen molar-refractivity contribution < 1.29 is 14.6 Å². The van der Waals surface area contributed by atoms with E-state index < -0.39 is 0 Å². The molecule has 1 heterocycles. The van der Waals surface area contributed by atoms with E-state index in [1.165, 1.54) is 0 Å². The lowest BCUT2D eigenvalue weighted by Crippen LogP contribution is -2.54. The average molecular weight is 189 g/mol. The summed E-state index contributed by atoms with van der Waals surface area (Å²) in [6, 6.07) is 0.289. The summed E-state index contributed by atoms with van der Waals surface area (Å²) in [7, 11) is 1.68. The predicted molar refractivity (Wildman–Crippen MR) is 49.7 cm³/mol. The summed E-state index contributed by atoms with van der Waals surface area (Å²) in [4.78, 5) is 0. The molecule has 0 spiro atoms. The number of ether oxygens (including phenoxy) is 2. The number of nitrogens with one attached hydrogen (secondary N) is 1. The van der Waals surface area contributed by atoms with Gasteiger partial charge < -0.3 is 19.9 Å². The van der Waals surface area contributed by atoms with Crippen LogP contribution in [0.25, 0.3) is 0 Å². The summed E-state index contributed by atoms with van der Waals surface area (Å²) in [5.41, 5.74) is -0.209. The lowest BCUT2D eigenvalue weighted by molar-refractivity contribution is -0.0900. The molecule has 0 aromatic heterocycles. The third-order valence-electron chi connectivity index (χ3n) is 2.41. The third-order valence-corrected chi connectivity index (χ3v) is 2.41. The van der Waals surface area contributed by atoms with Crippen molar-refractivity contribution in [1.82, 2.24) is 5.32 Å². The molecule has 13 heavy (non-hydrogen) atoms. The summed E-state index contributed by atoms with van der Waals surface area (Å²) in [6.45, 7) is 4.30. The molecule has 0 bridgehead atoms. The lowest BCUT2D eigenvalue weighted by atomic mass is 10.0. The molecule has 1 aliphatic heterocycles. The van der Waals surface area contributed by atoms with Crippen LogP contribution in [-0.2, 0) is 9.47 Å². The Kier molecular flexibility index (Phi) is 4.12. The highest BCUT2D eigenvalue weighted by Crippen LogP contribution is 2.18. The molecular formula is C9H19NO3. The number of aliphatic hydroxyl groups excluding tert-OH is 1. The zero-order chi connectivity index (χ0) is 9.73. The Hall–Kier alpha value is -0.160. The van der Waals surface area contributed by atoms with E-state index in [4.69, 9.17) is 14.6 Å². The van der Waals surface area contributed by atoms with Crippen molar-refractivity contribution >= 4 is 0 Å². The van der Waals surface area contributed by atoms with Crippen molar-refractivity contribution in [2.45, 2.75) is 25.0 Å². The zero-order valence-corrected chi connectivity index (χ0v) is 8.38. The van der Waals surface area contributed by atoms with E-state index in [0.29, 0.717) is 19.6 Å². The van der Waals surface area contributed by atoms with Gasteiger partial charge in [0, 0.05) is 26.7 Å². The fourth-order valence-electron chi connectivity index (χ4n) is 1.48. The number of hydrogen-bond acceptors (Lipinski definition) is 4. The van der Waals surface area contributed by atoms with Crippen molar-refractivity contribution in [3.8, 4) is 0 Å². The van der Waals surface area contributed by atoms with Gasteiger partial charge in [-0.2, -0.15) is 0 Å². The number of morpholine rings is 1. The molecule has 1 aliphatic rings. The van der Waals surface area contributed by atoms with E-state index in [2.05, 4.69) is 5.32 Å². The van der Waals surface area contributed by atoms with Crippen LogP contribution in [0.15, 0.2) is 0 Å². The van der Waals surface area contributed by atoms with E-state index in [0.717, 1.165) is 6.54 Å². The molecule has 2 N–H and O–H groups in total. The summed E-state index contributed by atoms with van der Waals surface area (Å²) in [5, 5.41) is 12.2. The first-order chi connectivity index (χ1) is 6.20. The van der Waals surface area contributed by atoms with Gasteiger partial charge in [-0.05, 0) is 6.92 Å². The van der Waals surface area contributed by atoms with Crippen molar-refractivity contribution in [1.29, 1.82) is 0 Å². The van der Waals surface area contributed by atoms with Crippen LogP contribution in [0.3, 0.4) is 0 Å². The second-order valence-electron chi connectivity index (χ2n) is 3.77. The van der Waals surface area contributed by atoms with Crippen LogP contribution in [0.1, 0.15) is 13.3 Å². The average Bonchev–Trinajstić information content (AvgIpc) is 2.10. The molecule has 2 atom stereocenters. The topological polar surface area (TPSA) is 50.7 Å². The molecule has 1 rings (SSSR count). The first-order valence-electron chi connectivity index (χ1n) is 4.67. The maximum absolute atomic E-state index is 8.82. The van der Waals surface area contributed by atoms with Crippen LogP contribution < -0.4 is 5.32 Å². The first kappa shape index (κ1) is 10.9. The van der Waals surface area contributed by atoms with E-state index >= 15 is 0 Å². The molecule has 2 unspecified atom stereocenters. The Morgan fingerprint density at radius 2 is 2.46 bits per heavy atom. The summed E-state index contributed by atoms with van der Waals surface area (Å²) in [5.74, 6) is 0. The molecule has 1 saturated heterocycles. The second kappa shape index (κ2) is 4.91. The van der Waals surface area contributed by atoms with Gasteiger partial charge in [0.25, 0.3) is 0 Å². The molecule has 4 nitrogen and oxygen atoms in total. The van der Waals surface area contributed by atoms with Gasteiger partial charge >= 0.3 is 0 Å². The van der Waals surface area contributed by atoms with Gasteiger partial charge in [0.05, 0.1) is 24.9 Å². The van der Waals surface area contributed by atoms with Crippen LogP contribution in [0.2, 0.25) is 0 Å². The van der Waals surface area contributed by atoms with Crippen molar-refractivity contribution in [3.05, 3.63) is 0 Å². The standard InChI is InChI=1S/C9H19NO3/c1-9(3-4-11)7-10-8(5-12-2)6-13-9/h8,10-11H,3-7H2,1-2H3. The van der Waals surface area contributed by atoms with Crippen LogP contribution >= 0.6 is 0 Å². The van der Waals surface area contributed by atoms with Gasteiger partial charge in [-0.3, -0.25) is 0 Å². The van der Waals surface area contributed by atoms with E-state index in [1.807, 2.05) is 6.92 Å². The quantitative estimate of drug-likeness (QED) is 0.641. The molecule has 0 aliphatic carbocycles. The third kappa shape index (κ3) is 3.23. The number of aliphatic hydroxyl groups is 1. The highest BCUT2D eigenvalue weighted by atomic mass is 16.5. The molecule has 0 aromatic carbocycles. The predicted octanol–water partition coefficient (Wildman–Crippen LogP) is -0.238. The van der Waals surface area contributed by atoms with E-state index in [1.54, 1.807) is 7.11 Å². The normalized spacial score (nSPS) is 34.8. The van der Waals surface area contributed by atoms with Crippen LogP contribution in [0.5, 0.6) is 0 Å². The summed E-state index contributed by atoms with van der Waals surface area (Å²) < 4.78 is 10.7. The molecular weight excluding hydrogens is 170 g/mol. The SMILES string of the molecule is COCC1COC(C)(CCO)CN1. The smallest absolute Gasteiger partial charge is 0.0801 e. The fraction of sp³-hybridized carbons (Fsp3) is 1.00. The minimum atomic E-state index is -0.209. The van der Waals surface area contributed by atoms with Crippen LogP contribution in [0.4, 0.5) is 0 Å². The monoisotopic (exact) mass is 189 g/mol. The Labute approximate surface area is 79.2 Å². The van der Waals surface area contributed by atoms with Gasteiger partial charge in [0.1, 0.15) is 0 Å². The highest BCUT2D eigenvalue weighted by molar-refractivity contribution is 4.85. The maximum Gasteiger partial charge on any atom is 0.0801 e. The fourth-order valence-corrected chi connectivity index (χ4v) is 1.48. The molecule has 78 valence electrons. The molecule has 0 aromatic rings. The first-order valence-corrected chi connectivity index (χ1v) is 4.67. The van der Waals surface area contributed by atoms with Crippen molar-refractivity contribution in [2.24, 2.45) is 0 Å². The Morgan fingerprint density at radius 1 is 1.69 bits per heavy atom. The van der Waals surface area contributed by atoms with Crippen molar-refractivity contribution in [3.63, 3.8) is 0 Å². The number of rotatable bonds is 4. The van der Waals surface area contributed by atoms with E-state index in [-0.39, 0.29) is 18.2 Å². The van der Waals surface area contributed by atoms with Crippen molar-refractivity contribution in [2.75, 3.05) is 33.5 Å². The summed E-state index contributed by atoms with van der Waals surface area (Å²) in [6.07, 6.45) is 0.680. The molecule has 4 heteroatoms. The van der Waals surface area contributed by atoms with Gasteiger partial charge in [-0.25, -0.2) is 0 Å². The Balaban J connectivity index is 2.28. The highest BCUT2D eigenvalue weighted by Gasteiger charge is 2.30. The second-order valence-corrected chi connectivity index (χ2v) is 3.77.